The zero-order valence-corrected chi connectivity index (χ0v) is 63.4. The van der Waals surface area contributed by atoms with Gasteiger partial charge in [0, 0.05) is 127 Å². The SMILES string of the molecule is Cc1ccc2c(n1)oc1c(-c3cc(-c4ccccc4)cc[n+]3C)c(C)ccc12.Cc1ccc2c(oc3ncccc32)c1-c1cc(-c2ccccc2)cc[n+]1C.[2H]C([2H])([2H])c1c[n+](C)c(-c2c(C)cc(C([2H])([2H])[2H])c3c2oc2ncccc23)cc1-c1ccccc1.[2H]C([2H])([2H])c1c[n+](C)c(-c2c(C)ccc3c2oc2ncccc23)cc1-c1ccccc1. The lowest BCUT2D eigenvalue weighted by Crippen LogP contribution is -2.31. The molecule has 0 aliphatic carbocycles. The van der Waals surface area contributed by atoms with Gasteiger partial charge in [0.25, 0.3) is 0 Å². The molecule has 0 saturated carbocycles. The third-order valence-corrected chi connectivity index (χ3v) is 21.1. The van der Waals surface area contributed by atoms with Crippen molar-refractivity contribution in [1.29, 1.82) is 0 Å². The second kappa shape index (κ2) is 29.6. The summed E-state index contributed by atoms with van der Waals surface area (Å²) in [5, 5.41) is 7.39. The van der Waals surface area contributed by atoms with Gasteiger partial charge >= 0.3 is 0 Å². The van der Waals surface area contributed by atoms with Crippen molar-refractivity contribution in [3.63, 3.8) is 0 Å². The topological polar surface area (TPSA) is 120 Å². The van der Waals surface area contributed by atoms with Crippen LogP contribution in [0, 0.1) is 55.2 Å². The van der Waals surface area contributed by atoms with E-state index >= 15 is 0 Å². The van der Waals surface area contributed by atoms with E-state index < -0.39 is 20.6 Å². The Morgan fingerprint density at radius 3 is 1.06 bits per heavy atom. The van der Waals surface area contributed by atoms with Crippen LogP contribution in [0.5, 0.6) is 0 Å². The molecular weight excluding hydrogens is 1380 g/mol. The number of benzene rings is 8. The molecule has 12 heterocycles. The molecule has 12 aromatic heterocycles. The summed E-state index contributed by atoms with van der Waals surface area (Å²) in [5.41, 5.74) is 26.5. The van der Waals surface area contributed by atoms with Crippen LogP contribution in [0.3, 0.4) is 0 Å². The molecule has 0 aliphatic rings. The van der Waals surface area contributed by atoms with E-state index in [2.05, 4.69) is 191 Å². The Labute approximate surface area is 662 Å². The number of aryl methyl sites for hydroxylation is 12. The van der Waals surface area contributed by atoms with Crippen LogP contribution < -0.4 is 18.3 Å². The minimum absolute atomic E-state index is 0.200. The second-order valence-corrected chi connectivity index (χ2v) is 28.5. The van der Waals surface area contributed by atoms with E-state index in [0.717, 1.165) is 105 Å². The predicted octanol–water partition coefficient (Wildman–Crippen LogP) is 23.0. The molecule has 0 unspecified atom stereocenters. The normalized spacial score (nSPS) is 12.9. The quantitative estimate of drug-likeness (QED) is 0.138. The average molecular weight is 1470 g/mol. The van der Waals surface area contributed by atoms with Crippen LogP contribution in [-0.2, 0) is 28.2 Å². The average Bonchev–Trinajstić information content (AvgIpc) is 1.67. The lowest BCUT2D eigenvalue weighted by atomic mass is 9.94. The molecular formula is C100H84N8O4+4. The van der Waals surface area contributed by atoms with Gasteiger partial charge in [-0.25, -0.2) is 38.2 Å². The second-order valence-electron chi connectivity index (χ2n) is 28.5. The molecule has 112 heavy (non-hydrogen) atoms. The highest BCUT2D eigenvalue weighted by atomic mass is 16.4. The monoisotopic (exact) mass is 1470 g/mol. The number of furan rings is 4. The van der Waals surface area contributed by atoms with Gasteiger partial charge in [0.05, 0.1) is 22.3 Å². The van der Waals surface area contributed by atoms with E-state index in [4.69, 9.17) is 30.0 Å². The van der Waals surface area contributed by atoms with Crippen LogP contribution >= 0.6 is 0 Å². The Bertz CT molecular complexity index is 7400. The first-order chi connectivity index (χ1) is 58.1. The summed E-state index contributed by atoms with van der Waals surface area (Å²) in [6.45, 7) is 3.23. The zero-order chi connectivity index (χ0) is 84.5. The molecule has 0 aliphatic heterocycles. The molecule has 0 fully saturated rings. The lowest BCUT2D eigenvalue weighted by Gasteiger charge is -2.11. The molecule has 8 aromatic carbocycles. The smallest absolute Gasteiger partial charge is 0.227 e. The summed E-state index contributed by atoms with van der Waals surface area (Å²) in [6.07, 6.45) is 12.6. The molecule has 20 rings (SSSR count). The van der Waals surface area contributed by atoms with E-state index in [1.54, 1.807) is 60.8 Å². The number of hydrogen-bond acceptors (Lipinski definition) is 8. The first-order valence-corrected chi connectivity index (χ1v) is 37.1. The fourth-order valence-electron chi connectivity index (χ4n) is 15.4. The molecule has 0 N–H and O–H groups in total. The number of rotatable bonds is 8. The van der Waals surface area contributed by atoms with Crippen molar-refractivity contribution in [2.45, 2.75) is 55.2 Å². The first-order valence-electron chi connectivity index (χ1n) is 41.6. The highest BCUT2D eigenvalue weighted by molar-refractivity contribution is 6.13. The largest absolute Gasteiger partial charge is 0.437 e. The Kier molecular flexibility index (Phi) is 16.2. The summed E-state index contributed by atoms with van der Waals surface area (Å²) in [6, 6.07) is 82.5. The van der Waals surface area contributed by atoms with Crippen molar-refractivity contribution < 1.29 is 48.3 Å². The summed E-state index contributed by atoms with van der Waals surface area (Å²) in [5.74, 6) is 0. The highest BCUT2D eigenvalue weighted by Crippen LogP contribution is 2.43. The minimum Gasteiger partial charge on any atom is -0.437 e. The van der Waals surface area contributed by atoms with Gasteiger partial charge in [-0.15, -0.1) is 0 Å². The fraction of sp³-hybridized carbons (Fsp3) is 0.120. The first kappa shape index (κ1) is 61.1. The van der Waals surface area contributed by atoms with Crippen molar-refractivity contribution in [2.75, 3.05) is 0 Å². The molecule has 0 spiro atoms. The minimum atomic E-state index is -2.35. The molecule has 12 nitrogen and oxygen atoms in total. The summed E-state index contributed by atoms with van der Waals surface area (Å²) in [4.78, 5) is 17.7. The Morgan fingerprint density at radius 2 is 0.634 bits per heavy atom. The summed E-state index contributed by atoms with van der Waals surface area (Å²) < 4.78 is 106. The third kappa shape index (κ3) is 13.2. The maximum Gasteiger partial charge on any atom is 0.227 e. The van der Waals surface area contributed by atoms with Crippen LogP contribution in [0.25, 0.3) is 178 Å². The van der Waals surface area contributed by atoms with Gasteiger partial charge in [-0.2, -0.15) is 0 Å². The van der Waals surface area contributed by atoms with Crippen LogP contribution in [0.15, 0.2) is 310 Å². The predicted molar refractivity (Wildman–Crippen MR) is 452 cm³/mol. The van der Waals surface area contributed by atoms with Gasteiger partial charge in [0.15, 0.2) is 47.1 Å². The fourth-order valence-corrected chi connectivity index (χ4v) is 15.4. The summed E-state index contributed by atoms with van der Waals surface area (Å²) in [7, 11) is 7.80. The Balaban J connectivity index is 0.000000115. The molecule has 20 aromatic rings. The zero-order valence-electron chi connectivity index (χ0n) is 72.4. The molecule has 0 radical (unpaired) electrons. The Morgan fingerprint density at radius 1 is 0.277 bits per heavy atom. The number of nitrogens with zero attached hydrogens (tertiary/aromatic N) is 8. The molecule has 544 valence electrons. The van der Waals surface area contributed by atoms with Crippen LogP contribution in [-0.4, -0.2) is 19.9 Å². The molecule has 0 bridgehead atoms. The maximum absolute atomic E-state index is 8.13. The van der Waals surface area contributed by atoms with Gasteiger partial charge in [0.2, 0.25) is 45.6 Å². The van der Waals surface area contributed by atoms with Crippen molar-refractivity contribution in [3.8, 4) is 89.5 Å². The van der Waals surface area contributed by atoms with Gasteiger partial charge in [-0.05, 0) is 176 Å². The number of fused-ring (bicyclic) bond motifs is 12. The number of hydrogen-bond donors (Lipinski definition) is 0. The van der Waals surface area contributed by atoms with E-state index in [-0.39, 0.29) is 11.1 Å². The van der Waals surface area contributed by atoms with E-state index in [0.29, 0.717) is 72.7 Å². The van der Waals surface area contributed by atoms with Crippen molar-refractivity contribution in [1.82, 2.24) is 19.9 Å². The molecule has 0 saturated heterocycles. The van der Waals surface area contributed by atoms with Gasteiger partial charge in [0.1, 0.15) is 28.2 Å². The van der Waals surface area contributed by atoms with Gasteiger partial charge < -0.3 is 17.7 Å². The van der Waals surface area contributed by atoms with Crippen molar-refractivity contribution >= 4 is 88.3 Å². The molecule has 0 atom stereocenters. The van der Waals surface area contributed by atoms with Crippen LogP contribution in [0.4, 0.5) is 0 Å². The number of aromatic nitrogens is 8. The van der Waals surface area contributed by atoms with Gasteiger partial charge in [-0.3, -0.25) is 0 Å². The lowest BCUT2D eigenvalue weighted by molar-refractivity contribution is -0.660. The van der Waals surface area contributed by atoms with E-state index in [9.17, 15) is 0 Å². The van der Waals surface area contributed by atoms with Crippen LogP contribution in [0.1, 0.15) is 57.0 Å². The molecule has 0 amide bonds. The summed E-state index contributed by atoms with van der Waals surface area (Å²) >= 11 is 0. The number of pyridine rings is 8. The third-order valence-electron chi connectivity index (χ3n) is 21.1. The maximum atomic E-state index is 8.13. The van der Waals surface area contributed by atoms with Crippen molar-refractivity contribution in [2.24, 2.45) is 28.2 Å². The standard InChI is InChI=1S/C26H23N2O.2C25H21N2O.C24H19N2O/c1-16-13-17(2)24(25-23(16)20-11-8-12-27-26(20)29-25)22-14-21(18(3)15-28(22)4)19-9-6-5-7-10-19;1-16-11-12-19-20-10-7-13-26-25(20)28-24(19)23(16)22-14-21(17(2)15-27(22)3)18-8-5-4-6-9-18;1-16-9-11-20-21-12-10-17(2)26-25(21)28-24(20)23(16)22-15-19(13-14-27(22)3)18-7-5-4-6-8-18;1-16-10-11-19-20-9-6-13-25-24(20)27-23(19)22(16)21-15-18(12-14-26(21)2)17-7-4-3-5-8-17/h5-15H,1-4H3;2*4-15H,1-3H3;3-15H,1-2H3/q4*+1/i1D3,3D3;2D3;;. The van der Waals surface area contributed by atoms with Crippen molar-refractivity contribution in [3.05, 3.63) is 337 Å². The van der Waals surface area contributed by atoms with Gasteiger partial charge in [-0.1, -0.05) is 164 Å². The molecule has 12 heteroatoms. The Hall–Kier alpha value is -13.8. The van der Waals surface area contributed by atoms with E-state index in [1.807, 2.05) is 142 Å². The highest BCUT2D eigenvalue weighted by Gasteiger charge is 2.28. The van der Waals surface area contributed by atoms with E-state index in [1.165, 1.54) is 33.4 Å². The van der Waals surface area contributed by atoms with Crippen LogP contribution in [0.2, 0.25) is 0 Å².